The number of hydrogen-bond acceptors (Lipinski definition) is 4. The predicted octanol–water partition coefficient (Wildman–Crippen LogP) is 3.24. The fourth-order valence-electron chi connectivity index (χ4n) is 2.21. The summed E-state index contributed by atoms with van der Waals surface area (Å²) in [7, 11) is 0. The summed E-state index contributed by atoms with van der Waals surface area (Å²) in [6, 6.07) is 2.91. The highest BCUT2D eigenvalue weighted by Gasteiger charge is 2.14. The number of halogens is 3. The summed E-state index contributed by atoms with van der Waals surface area (Å²) in [4.78, 5) is 8.40. The maximum Gasteiger partial charge on any atom is 0.213 e. The van der Waals surface area contributed by atoms with Crippen LogP contribution in [0.3, 0.4) is 0 Å². The molecule has 0 amide bonds. The first-order valence-electron chi connectivity index (χ1n) is 6.34. The molecule has 8 heteroatoms. The van der Waals surface area contributed by atoms with Gasteiger partial charge in [-0.2, -0.15) is 4.98 Å². The molecule has 0 bridgehead atoms. The zero-order valence-electron chi connectivity index (χ0n) is 10.9. The molecule has 1 aromatic carbocycles. The molecular weight excluding hydrogens is 318 g/mol. The molecule has 0 unspecified atom stereocenters. The first-order valence-corrected chi connectivity index (χ1v) is 7.25. The Morgan fingerprint density at radius 2 is 2.14 bits per heavy atom. The fraction of sp³-hybridized carbons (Fsp3) is 0.308. The highest BCUT2D eigenvalue weighted by molar-refractivity contribution is 6.31. The molecule has 5 nitrogen and oxygen atoms in total. The average molecular weight is 329 g/mol. The van der Waals surface area contributed by atoms with Crippen LogP contribution in [0.15, 0.2) is 23.0 Å². The van der Waals surface area contributed by atoms with Crippen LogP contribution < -0.4 is 0 Å². The number of imidazole rings is 1. The van der Waals surface area contributed by atoms with E-state index in [1.54, 1.807) is 6.07 Å². The standard InChI is InChI=1S/C13H11Cl2FN4O/c14-3-1-13-18-10-6-9(16)8(15)5-11(10)20(13)4-2-12-17-7-21-19-12/h5-7H,1-4H2. The molecule has 0 N–H and O–H groups in total. The second-order valence-electron chi connectivity index (χ2n) is 4.47. The largest absolute Gasteiger partial charge is 0.343 e. The van der Waals surface area contributed by atoms with Crippen LogP contribution in [0.2, 0.25) is 5.02 Å². The van der Waals surface area contributed by atoms with Crippen molar-refractivity contribution in [3.63, 3.8) is 0 Å². The molecule has 3 rings (SSSR count). The molecule has 0 saturated heterocycles. The number of benzene rings is 1. The predicted molar refractivity (Wildman–Crippen MR) is 77.1 cm³/mol. The van der Waals surface area contributed by atoms with Gasteiger partial charge in [-0.15, -0.1) is 11.6 Å². The first-order chi connectivity index (χ1) is 10.2. The molecule has 0 spiro atoms. The molecule has 0 radical (unpaired) electrons. The number of rotatable bonds is 5. The van der Waals surface area contributed by atoms with Gasteiger partial charge in [0.1, 0.15) is 11.6 Å². The van der Waals surface area contributed by atoms with Crippen molar-refractivity contribution < 1.29 is 8.91 Å². The van der Waals surface area contributed by atoms with Crippen molar-refractivity contribution in [2.24, 2.45) is 0 Å². The van der Waals surface area contributed by atoms with Gasteiger partial charge in [0.25, 0.3) is 0 Å². The van der Waals surface area contributed by atoms with E-state index >= 15 is 0 Å². The minimum atomic E-state index is -0.482. The number of alkyl halides is 1. The number of hydrogen-bond donors (Lipinski definition) is 0. The monoisotopic (exact) mass is 328 g/mol. The van der Waals surface area contributed by atoms with E-state index in [-0.39, 0.29) is 5.02 Å². The fourth-order valence-corrected chi connectivity index (χ4v) is 2.54. The second-order valence-corrected chi connectivity index (χ2v) is 5.26. The molecule has 0 saturated carbocycles. The van der Waals surface area contributed by atoms with Gasteiger partial charge in [0, 0.05) is 31.3 Å². The molecule has 0 aliphatic carbocycles. The Bertz CT molecular complexity index is 757. The van der Waals surface area contributed by atoms with Gasteiger partial charge in [-0.05, 0) is 6.07 Å². The normalized spacial score (nSPS) is 11.4. The quantitative estimate of drug-likeness (QED) is 0.675. The zero-order valence-corrected chi connectivity index (χ0v) is 12.4. The van der Waals surface area contributed by atoms with Gasteiger partial charge in [-0.1, -0.05) is 16.8 Å². The van der Waals surface area contributed by atoms with E-state index in [2.05, 4.69) is 15.1 Å². The van der Waals surface area contributed by atoms with Crippen LogP contribution in [-0.2, 0) is 19.4 Å². The van der Waals surface area contributed by atoms with Crippen LogP contribution in [0, 0.1) is 5.82 Å². The number of aryl methyl sites for hydroxylation is 3. The topological polar surface area (TPSA) is 56.7 Å². The third-order valence-corrected chi connectivity index (χ3v) is 3.63. The zero-order chi connectivity index (χ0) is 14.8. The summed E-state index contributed by atoms with van der Waals surface area (Å²) >= 11 is 11.7. The van der Waals surface area contributed by atoms with Crippen LogP contribution in [0.25, 0.3) is 11.0 Å². The van der Waals surface area contributed by atoms with Crippen molar-refractivity contribution in [1.29, 1.82) is 0 Å². The Balaban J connectivity index is 2.00. The van der Waals surface area contributed by atoms with Crippen LogP contribution in [-0.4, -0.2) is 25.6 Å². The van der Waals surface area contributed by atoms with Gasteiger partial charge in [-0.25, -0.2) is 9.37 Å². The Morgan fingerprint density at radius 3 is 2.86 bits per heavy atom. The van der Waals surface area contributed by atoms with Crippen molar-refractivity contribution in [3.8, 4) is 0 Å². The van der Waals surface area contributed by atoms with Crippen molar-refractivity contribution in [3.05, 3.63) is 41.0 Å². The Kier molecular flexibility index (Phi) is 4.07. The Hall–Kier alpha value is -1.66. The molecule has 0 atom stereocenters. The number of fused-ring (bicyclic) bond motifs is 1. The summed E-state index contributed by atoms with van der Waals surface area (Å²) in [5.41, 5.74) is 1.33. The third-order valence-electron chi connectivity index (χ3n) is 3.15. The lowest BCUT2D eigenvalue weighted by molar-refractivity contribution is 0.408. The number of aromatic nitrogens is 4. The lowest BCUT2D eigenvalue weighted by Crippen LogP contribution is -2.07. The van der Waals surface area contributed by atoms with Crippen molar-refractivity contribution in [1.82, 2.24) is 19.7 Å². The highest BCUT2D eigenvalue weighted by Crippen LogP contribution is 2.24. The van der Waals surface area contributed by atoms with E-state index in [9.17, 15) is 4.39 Å². The SMILES string of the molecule is Fc1cc2nc(CCCl)n(CCc3ncon3)c2cc1Cl. The van der Waals surface area contributed by atoms with E-state index in [1.165, 1.54) is 12.5 Å². The first kappa shape index (κ1) is 14.3. The Labute approximate surface area is 129 Å². The van der Waals surface area contributed by atoms with Gasteiger partial charge in [0.05, 0.1) is 16.1 Å². The summed E-state index contributed by atoms with van der Waals surface area (Å²) in [6.45, 7) is 0.588. The minimum Gasteiger partial charge on any atom is -0.343 e. The van der Waals surface area contributed by atoms with Crippen LogP contribution in [0.4, 0.5) is 4.39 Å². The van der Waals surface area contributed by atoms with Crippen LogP contribution in [0.5, 0.6) is 0 Å². The molecule has 0 aliphatic rings. The van der Waals surface area contributed by atoms with E-state index in [4.69, 9.17) is 27.7 Å². The molecule has 0 aliphatic heterocycles. The molecule has 2 heterocycles. The molecule has 3 aromatic rings. The third kappa shape index (κ3) is 2.87. The summed E-state index contributed by atoms with van der Waals surface area (Å²) < 4.78 is 20.2. The highest BCUT2D eigenvalue weighted by atomic mass is 35.5. The number of nitrogens with zero attached hydrogens (tertiary/aromatic N) is 4. The lowest BCUT2D eigenvalue weighted by Gasteiger charge is -2.07. The van der Waals surface area contributed by atoms with E-state index < -0.39 is 5.82 Å². The molecule has 21 heavy (non-hydrogen) atoms. The van der Waals surface area contributed by atoms with Gasteiger partial charge in [0.15, 0.2) is 5.82 Å². The van der Waals surface area contributed by atoms with Crippen LogP contribution in [0.1, 0.15) is 11.6 Å². The van der Waals surface area contributed by atoms with E-state index in [0.29, 0.717) is 36.6 Å². The molecular formula is C13H11Cl2FN4O. The molecule has 2 aromatic heterocycles. The maximum absolute atomic E-state index is 13.5. The van der Waals surface area contributed by atoms with E-state index in [0.717, 1.165) is 11.3 Å². The minimum absolute atomic E-state index is 0.0700. The van der Waals surface area contributed by atoms with Crippen molar-refractivity contribution >= 4 is 34.2 Å². The van der Waals surface area contributed by atoms with Gasteiger partial charge < -0.3 is 9.09 Å². The summed E-state index contributed by atoms with van der Waals surface area (Å²) in [5, 5.41) is 3.84. The molecule has 0 fully saturated rings. The van der Waals surface area contributed by atoms with Gasteiger partial charge in [0.2, 0.25) is 6.39 Å². The maximum atomic E-state index is 13.5. The van der Waals surface area contributed by atoms with Gasteiger partial charge >= 0.3 is 0 Å². The summed E-state index contributed by atoms with van der Waals surface area (Å²) in [5.74, 6) is 1.33. The summed E-state index contributed by atoms with van der Waals surface area (Å²) in [6.07, 6.45) is 2.45. The smallest absolute Gasteiger partial charge is 0.213 e. The van der Waals surface area contributed by atoms with Gasteiger partial charge in [-0.3, -0.25) is 0 Å². The van der Waals surface area contributed by atoms with Crippen LogP contribution >= 0.6 is 23.2 Å². The molecule has 110 valence electrons. The second kappa shape index (κ2) is 5.99. The average Bonchev–Trinajstić information content (AvgIpc) is 3.06. The van der Waals surface area contributed by atoms with Crippen molar-refractivity contribution in [2.45, 2.75) is 19.4 Å². The van der Waals surface area contributed by atoms with E-state index in [1.807, 2.05) is 4.57 Å². The Morgan fingerprint density at radius 1 is 1.29 bits per heavy atom. The lowest BCUT2D eigenvalue weighted by atomic mass is 10.3. The van der Waals surface area contributed by atoms with Crippen molar-refractivity contribution in [2.75, 3.05) is 5.88 Å².